The first kappa shape index (κ1) is 20.5. The minimum absolute atomic E-state index is 0.0859. The average molecular weight is 347 g/mol. The van der Waals surface area contributed by atoms with Crippen molar-refractivity contribution in [2.75, 3.05) is 6.61 Å². The van der Waals surface area contributed by atoms with Crippen LogP contribution in [0.15, 0.2) is 30.3 Å². The number of carbonyl (C=O) groups excluding carboxylic acids is 2. The Morgan fingerprint density at radius 3 is 2.52 bits per heavy atom. The lowest BCUT2D eigenvalue weighted by molar-refractivity contribution is -0.385. The highest BCUT2D eigenvalue weighted by Gasteiger charge is 2.11. The molecule has 0 atom stereocenters. The van der Waals surface area contributed by atoms with E-state index >= 15 is 0 Å². The molecular weight excluding hydrogens is 322 g/mol. The molecular formula is C19H25NO5. The third-order valence-electron chi connectivity index (χ3n) is 3.66. The summed E-state index contributed by atoms with van der Waals surface area (Å²) in [5.41, 5.74) is 0.235. The molecule has 0 fully saturated rings. The molecule has 0 N–H and O–H groups in total. The van der Waals surface area contributed by atoms with Gasteiger partial charge in [0.05, 0.1) is 17.1 Å². The Hall–Kier alpha value is -2.50. The number of hydrogen-bond donors (Lipinski definition) is 0. The number of para-hydroxylation sites is 1. The van der Waals surface area contributed by atoms with Gasteiger partial charge in [0.15, 0.2) is 5.78 Å². The maximum absolute atomic E-state index is 11.8. The molecule has 25 heavy (non-hydrogen) atoms. The largest absolute Gasteiger partial charge is 0.465 e. The summed E-state index contributed by atoms with van der Waals surface area (Å²) in [6.45, 7) is 2.48. The summed E-state index contributed by atoms with van der Waals surface area (Å²) in [7, 11) is 0. The van der Waals surface area contributed by atoms with E-state index < -0.39 is 16.7 Å². The minimum Gasteiger partial charge on any atom is -0.465 e. The van der Waals surface area contributed by atoms with Gasteiger partial charge in [-0.15, -0.1) is 0 Å². The fourth-order valence-electron chi connectivity index (χ4n) is 2.30. The van der Waals surface area contributed by atoms with Crippen LogP contribution in [0.2, 0.25) is 0 Å². The Morgan fingerprint density at radius 1 is 1.12 bits per heavy atom. The van der Waals surface area contributed by atoms with Crippen LogP contribution in [0.5, 0.6) is 0 Å². The summed E-state index contributed by atoms with van der Waals surface area (Å²) in [6, 6.07) is 6.10. The molecule has 0 saturated carbocycles. The predicted octanol–water partition coefficient (Wildman–Crippen LogP) is 4.47. The van der Waals surface area contributed by atoms with Gasteiger partial charge < -0.3 is 4.74 Å². The molecule has 1 aromatic carbocycles. The second-order valence-electron chi connectivity index (χ2n) is 5.78. The van der Waals surface area contributed by atoms with Crippen LogP contribution in [0.3, 0.4) is 0 Å². The normalized spacial score (nSPS) is 10.8. The molecule has 0 saturated heterocycles. The number of benzene rings is 1. The lowest BCUT2D eigenvalue weighted by Crippen LogP contribution is -2.10. The van der Waals surface area contributed by atoms with Gasteiger partial charge in [-0.3, -0.25) is 19.7 Å². The summed E-state index contributed by atoms with van der Waals surface area (Å²) in [6.07, 6.45) is 8.72. The number of hydrogen-bond acceptors (Lipinski definition) is 5. The SMILES string of the molecule is CCCCCCCCOC(=O)CC(=O)C=Cc1ccccc1[N+](=O)[O-]. The van der Waals surface area contributed by atoms with Crippen molar-refractivity contribution in [1.29, 1.82) is 0 Å². The molecule has 0 aliphatic heterocycles. The number of esters is 1. The van der Waals surface area contributed by atoms with Crippen LogP contribution in [0.25, 0.3) is 6.08 Å². The standard InChI is InChI=1S/C19H25NO5/c1-2-3-4-5-6-9-14-25-19(22)15-17(21)13-12-16-10-7-8-11-18(16)20(23)24/h7-8,10-13H,2-6,9,14-15H2,1H3. The van der Waals surface area contributed by atoms with E-state index in [0.29, 0.717) is 12.2 Å². The smallest absolute Gasteiger partial charge is 0.313 e. The molecule has 6 heteroatoms. The fourth-order valence-corrected chi connectivity index (χ4v) is 2.30. The molecule has 1 aromatic rings. The molecule has 0 spiro atoms. The molecule has 0 bridgehead atoms. The minimum atomic E-state index is -0.564. The second kappa shape index (κ2) is 11.9. The van der Waals surface area contributed by atoms with Gasteiger partial charge in [0.2, 0.25) is 0 Å². The molecule has 6 nitrogen and oxygen atoms in total. The van der Waals surface area contributed by atoms with Crippen LogP contribution in [-0.4, -0.2) is 23.3 Å². The Morgan fingerprint density at radius 2 is 1.80 bits per heavy atom. The lowest BCUT2D eigenvalue weighted by Gasteiger charge is -2.03. The van der Waals surface area contributed by atoms with E-state index in [9.17, 15) is 19.7 Å². The summed E-state index contributed by atoms with van der Waals surface area (Å²) < 4.78 is 5.03. The number of unbranched alkanes of at least 4 members (excludes halogenated alkanes) is 5. The average Bonchev–Trinajstić information content (AvgIpc) is 2.59. The van der Waals surface area contributed by atoms with E-state index in [2.05, 4.69) is 6.92 Å². The van der Waals surface area contributed by atoms with Crippen molar-refractivity contribution in [3.63, 3.8) is 0 Å². The molecule has 0 unspecified atom stereocenters. The Labute approximate surface area is 148 Å². The van der Waals surface area contributed by atoms with Gasteiger partial charge in [-0.25, -0.2) is 0 Å². The molecule has 0 aromatic heterocycles. The predicted molar refractivity (Wildman–Crippen MR) is 96.1 cm³/mol. The van der Waals surface area contributed by atoms with Crippen molar-refractivity contribution >= 4 is 23.5 Å². The Balaban J connectivity index is 2.32. The number of ether oxygens (including phenoxy) is 1. The van der Waals surface area contributed by atoms with E-state index in [0.717, 1.165) is 19.3 Å². The number of nitro groups is 1. The highest BCUT2D eigenvalue weighted by Crippen LogP contribution is 2.19. The quantitative estimate of drug-likeness (QED) is 0.139. The Bertz CT molecular complexity index is 610. The number of rotatable bonds is 12. The monoisotopic (exact) mass is 347 g/mol. The molecule has 0 heterocycles. The summed E-state index contributed by atoms with van der Waals surface area (Å²) >= 11 is 0. The summed E-state index contributed by atoms with van der Waals surface area (Å²) in [4.78, 5) is 33.7. The van der Waals surface area contributed by atoms with Crippen molar-refractivity contribution in [2.45, 2.75) is 51.9 Å². The van der Waals surface area contributed by atoms with Crippen LogP contribution in [0, 0.1) is 10.1 Å². The van der Waals surface area contributed by atoms with Gasteiger partial charge >= 0.3 is 5.97 Å². The number of nitro benzene ring substituents is 1. The van der Waals surface area contributed by atoms with E-state index in [1.54, 1.807) is 18.2 Å². The van der Waals surface area contributed by atoms with Gasteiger partial charge in [0.1, 0.15) is 6.42 Å². The van der Waals surface area contributed by atoms with E-state index in [-0.39, 0.29) is 12.1 Å². The molecule has 0 radical (unpaired) electrons. The second-order valence-corrected chi connectivity index (χ2v) is 5.78. The van der Waals surface area contributed by atoms with Crippen LogP contribution >= 0.6 is 0 Å². The third kappa shape index (κ3) is 8.79. The van der Waals surface area contributed by atoms with Crippen molar-refractivity contribution in [1.82, 2.24) is 0 Å². The van der Waals surface area contributed by atoms with Crippen molar-refractivity contribution < 1.29 is 19.2 Å². The fraction of sp³-hybridized carbons (Fsp3) is 0.474. The van der Waals surface area contributed by atoms with E-state index in [4.69, 9.17) is 4.74 Å². The summed E-state index contributed by atoms with van der Waals surface area (Å²) in [5.74, 6) is -1.00. The van der Waals surface area contributed by atoms with Gasteiger partial charge in [-0.05, 0) is 24.6 Å². The van der Waals surface area contributed by atoms with Crippen LogP contribution in [0.1, 0.15) is 57.4 Å². The van der Waals surface area contributed by atoms with Gasteiger partial charge in [0, 0.05) is 6.07 Å². The lowest BCUT2D eigenvalue weighted by atomic mass is 10.1. The van der Waals surface area contributed by atoms with Crippen molar-refractivity contribution in [2.24, 2.45) is 0 Å². The van der Waals surface area contributed by atoms with Gasteiger partial charge in [-0.1, -0.05) is 51.2 Å². The first-order chi connectivity index (χ1) is 12.0. The van der Waals surface area contributed by atoms with E-state index in [1.165, 1.54) is 37.5 Å². The molecule has 0 aliphatic carbocycles. The first-order valence-electron chi connectivity index (χ1n) is 8.64. The number of carbonyl (C=O) groups is 2. The number of nitrogens with zero attached hydrogens (tertiary/aromatic N) is 1. The van der Waals surface area contributed by atoms with Crippen LogP contribution in [0.4, 0.5) is 5.69 Å². The molecule has 0 amide bonds. The zero-order valence-electron chi connectivity index (χ0n) is 14.6. The van der Waals surface area contributed by atoms with Gasteiger partial charge in [0.25, 0.3) is 5.69 Å². The number of allylic oxidation sites excluding steroid dienone is 1. The maximum Gasteiger partial charge on any atom is 0.313 e. The zero-order chi connectivity index (χ0) is 18.5. The molecule has 0 aliphatic rings. The first-order valence-corrected chi connectivity index (χ1v) is 8.64. The summed E-state index contributed by atoms with van der Waals surface area (Å²) in [5, 5.41) is 10.9. The Kier molecular flexibility index (Phi) is 9.82. The highest BCUT2D eigenvalue weighted by atomic mass is 16.6. The van der Waals surface area contributed by atoms with Crippen LogP contribution in [-0.2, 0) is 14.3 Å². The molecule has 136 valence electrons. The maximum atomic E-state index is 11.8. The third-order valence-corrected chi connectivity index (χ3v) is 3.66. The topological polar surface area (TPSA) is 86.5 Å². The van der Waals surface area contributed by atoms with E-state index in [1.807, 2.05) is 0 Å². The zero-order valence-corrected chi connectivity index (χ0v) is 14.6. The number of ketones is 1. The highest BCUT2D eigenvalue weighted by molar-refractivity contribution is 6.04. The van der Waals surface area contributed by atoms with Crippen molar-refractivity contribution in [3.05, 3.63) is 46.0 Å². The van der Waals surface area contributed by atoms with Crippen molar-refractivity contribution in [3.8, 4) is 0 Å². The van der Waals surface area contributed by atoms with Crippen LogP contribution < -0.4 is 0 Å². The molecule has 1 rings (SSSR count). The van der Waals surface area contributed by atoms with Gasteiger partial charge in [-0.2, -0.15) is 0 Å².